The van der Waals surface area contributed by atoms with Crippen molar-refractivity contribution < 1.29 is 14.3 Å². The lowest BCUT2D eigenvalue weighted by Gasteiger charge is -2.33. The van der Waals surface area contributed by atoms with Crippen molar-refractivity contribution in [3.05, 3.63) is 52.6 Å². The molecule has 0 spiro atoms. The van der Waals surface area contributed by atoms with Crippen LogP contribution in [0.1, 0.15) is 38.2 Å². The third kappa shape index (κ3) is 3.13. The lowest BCUT2D eigenvalue weighted by molar-refractivity contribution is -0.117. The number of nitrogens with one attached hydrogen (secondary N) is 1. The molecule has 2 aliphatic rings. The summed E-state index contributed by atoms with van der Waals surface area (Å²) in [6.07, 6.45) is 1.06. The zero-order chi connectivity index (χ0) is 18.1. The molecule has 0 radical (unpaired) electrons. The van der Waals surface area contributed by atoms with Gasteiger partial charge in [0.2, 0.25) is 11.8 Å². The number of benzene rings is 1. The molecular weight excluding hydrogens is 318 g/mol. The van der Waals surface area contributed by atoms with Crippen LogP contribution in [-0.2, 0) is 14.3 Å². The van der Waals surface area contributed by atoms with E-state index in [0.717, 1.165) is 5.56 Å². The number of nitrogens with zero attached hydrogens (tertiary/aromatic N) is 1. The summed E-state index contributed by atoms with van der Waals surface area (Å²) in [5.74, 6) is 0.105. The summed E-state index contributed by atoms with van der Waals surface area (Å²) in [5.41, 5.74) is 8.13. The van der Waals surface area contributed by atoms with Crippen LogP contribution in [0.15, 0.2) is 47.1 Å². The van der Waals surface area contributed by atoms with Crippen molar-refractivity contribution in [2.75, 3.05) is 5.32 Å². The van der Waals surface area contributed by atoms with Gasteiger partial charge in [0.15, 0.2) is 5.78 Å². The fourth-order valence-electron chi connectivity index (χ4n) is 3.39. The van der Waals surface area contributed by atoms with Crippen molar-refractivity contribution in [3.63, 3.8) is 0 Å². The van der Waals surface area contributed by atoms with Gasteiger partial charge in [-0.3, -0.25) is 9.59 Å². The molecule has 25 heavy (non-hydrogen) atoms. The molecule has 6 nitrogen and oxygen atoms in total. The van der Waals surface area contributed by atoms with Crippen LogP contribution in [0.2, 0.25) is 0 Å². The fourth-order valence-corrected chi connectivity index (χ4v) is 3.39. The SMILES string of the molecule is CC(=O)Nc1ccc([C@H]2C(C#N)=C(N)OC3=C2C(=O)C[C@@H](C)C3)cc1. The molecule has 0 saturated carbocycles. The van der Waals surface area contributed by atoms with Crippen LogP contribution in [0.4, 0.5) is 5.69 Å². The zero-order valence-electron chi connectivity index (χ0n) is 14.1. The number of ketones is 1. The van der Waals surface area contributed by atoms with Crippen molar-refractivity contribution >= 4 is 17.4 Å². The molecule has 3 rings (SSSR count). The Morgan fingerprint density at radius 3 is 2.60 bits per heavy atom. The van der Waals surface area contributed by atoms with E-state index in [4.69, 9.17) is 10.5 Å². The lowest BCUT2D eigenvalue weighted by Crippen LogP contribution is -2.29. The average Bonchev–Trinajstić information content (AvgIpc) is 2.53. The summed E-state index contributed by atoms with van der Waals surface area (Å²) in [7, 11) is 0. The highest BCUT2D eigenvalue weighted by molar-refractivity contribution is 5.99. The first-order chi connectivity index (χ1) is 11.9. The van der Waals surface area contributed by atoms with Crippen LogP contribution in [-0.4, -0.2) is 11.7 Å². The molecule has 128 valence electrons. The second-order valence-corrected chi connectivity index (χ2v) is 6.50. The molecule has 1 amide bonds. The molecule has 1 aromatic carbocycles. The van der Waals surface area contributed by atoms with Crippen molar-refractivity contribution in [2.24, 2.45) is 11.7 Å². The van der Waals surface area contributed by atoms with Crippen molar-refractivity contribution in [1.29, 1.82) is 5.26 Å². The van der Waals surface area contributed by atoms with Crippen LogP contribution in [0, 0.1) is 17.2 Å². The van der Waals surface area contributed by atoms with Gasteiger partial charge >= 0.3 is 0 Å². The van der Waals surface area contributed by atoms with Gasteiger partial charge in [-0.05, 0) is 23.6 Å². The number of nitriles is 1. The highest BCUT2D eigenvalue weighted by Gasteiger charge is 2.39. The van der Waals surface area contributed by atoms with Crippen molar-refractivity contribution in [1.82, 2.24) is 0 Å². The average molecular weight is 337 g/mol. The molecule has 0 fully saturated rings. The van der Waals surface area contributed by atoms with E-state index in [-0.39, 0.29) is 29.1 Å². The number of carbonyl (C=O) groups is 2. The first-order valence-electron chi connectivity index (χ1n) is 8.12. The Kier molecular flexibility index (Phi) is 4.32. The summed E-state index contributed by atoms with van der Waals surface area (Å²) in [4.78, 5) is 23.8. The number of rotatable bonds is 2. The van der Waals surface area contributed by atoms with Gasteiger partial charge in [0.05, 0.1) is 5.92 Å². The number of hydrogen-bond acceptors (Lipinski definition) is 5. The number of ether oxygens (including phenoxy) is 1. The number of hydrogen-bond donors (Lipinski definition) is 2. The number of amides is 1. The third-order valence-corrected chi connectivity index (χ3v) is 4.43. The van der Waals surface area contributed by atoms with Crippen molar-refractivity contribution in [3.8, 4) is 6.07 Å². The summed E-state index contributed by atoms with van der Waals surface area (Å²) in [5, 5.41) is 12.2. The van der Waals surface area contributed by atoms with Gasteiger partial charge in [0.1, 0.15) is 17.4 Å². The molecular formula is C19H19N3O3. The molecule has 2 atom stereocenters. The maximum Gasteiger partial charge on any atom is 0.221 e. The first-order valence-corrected chi connectivity index (χ1v) is 8.12. The molecule has 3 N–H and O–H groups in total. The van der Waals surface area contributed by atoms with Crippen LogP contribution in [0.5, 0.6) is 0 Å². The lowest BCUT2D eigenvalue weighted by atomic mass is 9.75. The smallest absolute Gasteiger partial charge is 0.221 e. The number of carbonyl (C=O) groups excluding carboxylic acids is 2. The van der Waals surface area contributed by atoms with Gasteiger partial charge in [-0.15, -0.1) is 0 Å². The van der Waals surface area contributed by atoms with Gasteiger partial charge < -0.3 is 15.8 Å². The first kappa shape index (κ1) is 16.8. The Hall–Kier alpha value is -3.07. The highest BCUT2D eigenvalue weighted by Crippen LogP contribution is 2.44. The summed E-state index contributed by atoms with van der Waals surface area (Å²) in [6, 6.07) is 9.16. The molecule has 1 aliphatic carbocycles. The van der Waals surface area contributed by atoms with Gasteiger partial charge in [0, 0.05) is 31.0 Å². The molecule has 0 saturated heterocycles. The highest BCUT2D eigenvalue weighted by atomic mass is 16.5. The summed E-state index contributed by atoms with van der Waals surface area (Å²) < 4.78 is 5.60. The monoisotopic (exact) mass is 337 g/mol. The number of nitrogens with two attached hydrogens (primary N) is 1. The van der Waals surface area contributed by atoms with E-state index in [2.05, 4.69) is 11.4 Å². The van der Waals surface area contributed by atoms with E-state index in [0.29, 0.717) is 29.9 Å². The molecule has 1 heterocycles. The Morgan fingerprint density at radius 2 is 2.00 bits per heavy atom. The second kappa shape index (κ2) is 6.44. The van der Waals surface area contributed by atoms with E-state index in [1.807, 2.05) is 6.92 Å². The third-order valence-electron chi connectivity index (χ3n) is 4.43. The zero-order valence-corrected chi connectivity index (χ0v) is 14.1. The van der Waals surface area contributed by atoms with E-state index >= 15 is 0 Å². The molecule has 0 unspecified atom stereocenters. The van der Waals surface area contributed by atoms with Gasteiger partial charge in [-0.2, -0.15) is 5.26 Å². The maximum atomic E-state index is 12.6. The minimum atomic E-state index is -0.528. The fraction of sp³-hybridized carbons (Fsp3) is 0.316. The van der Waals surface area contributed by atoms with Gasteiger partial charge in [0.25, 0.3) is 0 Å². The normalized spacial score (nSPS) is 22.8. The molecule has 1 aromatic rings. The van der Waals surface area contributed by atoms with Crippen LogP contribution < -0.4 is 11.1 Å². The predicted octanol–water partition coefficient (Wildman–Crippen LogP) is 2.71. The maximum absolute atomic E-state index is 12.6. The van der Waals surface area contributed by atoms with Gasteiger partial charge in [-0.1, -0.05) is 19.1 Å². The van der Waals surface area contributed by atoms with E-state index in [9.17, 15) is 14.9 Å². The Morgan fingerprint density at radius 1 is 1.32 bits per heavy atom. The number of allylic oxidation sites excluding steroid dienone is 3. The second-order valence-electron chi connectivity index (χ2n) is 6.50. The largest absolute Gasteiger partial charge is 0.444 e. The predicted molar refractivity (Wildman–Crippen MR) is 91.8 cm³/mol. The topological polar surface area (TPSA) is 105 Å². The van der Waals surface area contributed by atoms with Crippen LogP contribution in [0.3, 0.4) is 0 Å². The van der Waals surface area contributed by atoms with E-state index in [1.54, 1.807) is 24.3 Å². The van der Waals surface area contributed by atoms with Gasteiger partial charge in [-0.25, -0.2) is 0 Å². The van der Waals surface area contributed by atoms with Crippen LogP contribution in [0.25, 0.3) is 0 Å². The quantitative estimate of drug-likeness (QED) is 0.863. The molecule has 1 aliphatic heterocycles. The Bertz CT molecular complexity index is 844. The summed E-state index contributed by atoms with van der Waals surface area (Å²) >= 11 is 0. The van der Waals surface area contributed by atoms with Crippen LogP contribution >= 0.6 is 0 Å². The van der Waals surface area contributed by atoms with E-state index < -0.39 is 5.92 Å². The Balaban J connectivity index is 2.06. The minimum Gasteiger partial charge on any atom is -0.444 e. The molecule has 6 heteroatoms. The minimum absolute atomic E-state index is 0.00932. The number of anilines is 1. The number of Topliss-reactive ketones (excluding diaryl/α,β-unsaturated/α-hetero) is 1. The molecule has 0 aromatic heterocycles. The standard InChI is InChI=1S/C19H19N3O3/c1-10-7-15(24)18-16(8-10)25-19(21)14(9-20)17(18)12-3-5-13(6-4-12)22-11(2)23/h3-6,10,17H,7-8,21H2,1-2H3,(H,22,23)/t10-,17+/m1/s1. The van der Waals surface area contributed by atoms with E-state index in [1.165, 1.54) is 6.92 Å². The Labute approximate surface area is 146 Å². The summed E-state index contributed by atoms with van der Waals surface area (Å²) in [6.45, 7) is 3.42. The van der Waals surface area contributed by atoms with Crippen molar-refractivity contribution in [2.45, 2.75) is 32.6 Å². The molecule has 0 bridgehead atoms.